The Morgan fingerprint density at radius 1 is 1.28 bits per heavy atom. The second kappa shape index (κ2) is 6.80. The van der Waals surface area contributed by atoms with Crippen molar-refractivity contribution in [2.45, 2.75) is 40.2 Å². The fraction of sp³-hybridized carbons (Fsp3) is 0.316. The van der Waals surface area contributed by atoms with E-state index >= 15 is 0 Å². The number of nitrogens with zero attached hydrogens (tertiary/aromatic N) is 2. The first-order chi connectivity index (χ1) is 11.9. The number of carbonyl (C=O) groups is 1. The summed E-state index contributed by atoms with van der Waals surface area (Å²) in [5, 5.41) is 3.47. The van der Waals surface area contributed by atoms with Crippen molar-refractivity contribution in [2.75, 3.05) is 5.32 Å². The summed E-state index contributed by atoms with van der Waals surface area (Å²) in [6, 6.07) is 7.07. The Labute approximate surface area is 150 Å². The summed E-state index contributed by atoms with van der Waals surface area (Å²) in [6.45, 7) is 7.68. The molecule has 2 heterocycles. The van der Waals surface area contributed by atoms with Gasteiger partial charge in [-0.15, -0.1) is 11.3 Å². The molecule has 0 saturated carbocycles. The van der Waals surface area contributed by atoms with Crippen molar-refractivity contribution < 1.29 is 4.79 Å². The highest BCUT2D eigenvalue weighted by molar-refractivity contribution is 7.18. The van der Waals surface area contributed by atoms with Crippen LogP contribution >= 0.6 is 11.3 Å². The number of thiophene rings is 1. The molecule has 0 aliphatic heterocycles. The minimum absolute atomic E-state index is 0.171. The summed E-state index contributed by atoms with van der Waals surface area (Å²) >= 11 is 1.50. The number of nitrogens with one attached hydrogen (secondary N) is 1. The van der Waals surface area contributed by atoms with Gasteiger partial charge in [-0.1, -0.05) is 19.1 Å². The number of aryl methyl sites for hydroxylation is 3. The molecule has 1 amide bonds. The number of anilines is 1. The molecule has 0 aliphatic rings. The van der Waals surface area contributed by atoms with Crippen molar-refractivity contribution in [1.82, 2.24) is 9.55 Å². The number of amides is 1. The van der Waals surface area contributed by atoms with Gasteiger partial charge < -0.3 is 5.32 Å². The lowest BCUT2D eigenvalue weighted by Gasteiger charge is -2.15. The second-order valence-electron chi connectivity index (χ2n) is 6.14. The third-order valence-corrected chi connectivity index (χ3v) is 5.66. The standard InChI is InChI=1S/C19H21N3O2S/c1-5-14-6-8-15(9-7-14)21-17(23)12(3)22-10-20-18-16(19(22)24)11(2)13(4)25-18/h6-10,12H,5H2,1-4H3,(H,21,23)/t12-/m0/s1. The molecule has 3 rings (SSSR count). The van der Waals surface area contributed by atoms with Crippen molar-refractivity contribution in [3.8, 4) is 0 Å². The van der Waals surface area contributed by atoms with Gasteiger partial charge in [0.2, 0.25) is 5.91 Å². The number of aromatic nitrogens is 2. The fourth-order valence-electron chi connectivity index (χ4n) is 2.72. The third kappa shape index (κ3) is 3.22. The number of rotatable bonds is 4. The first kappa shape index (κ1) is 17.4. The Bertz CT molecular complexity index is 986. The second-order valence-corrected chi connectivity index (χ2v) is 7.34. The molecular formula is C19H21N3O2S. The Kier molecular flexibility index (Phi) is 4.72. The number of fused-ring (bicyclic) bond motifs is 1. The Morgan fingerprint density at radius 3 is 2.60 bits per heavy atom. The molecule has 1 atom stereocenters. The molecule has 1 N–H and O–H groups in total. The molecule has 2 aromatic heterocycles. The maximum absolute atomic E-state index is 12.8. The predicted octanol–water partition coefficient (Wildman–Crippen LogP) is 3.84. The third-order valence-electron chi connectivity index (χ3n) is 4.54. The van der Waals surface area contributed by atoms with Crippen molar-refractivity contribution >= 4 is 33.1 Å². The van der Waals surface area contributed by atoms with Crippen LogP contribution in [0.4, 0.5) is 5.69 Å². The molecule has 0 spiro atoms. The van der Waals surface area contributed by atoms with Crippen molar-refractivity contribution in [1.29, 1.82) is 0 Å². The number of hydrogen-bond donors (Lipinski definition) is 1. The summed E-state index contributed by atoms with van der Waals surface area (Å²) < 4.78 is 1.40. The van der Waals surface area contributed by atoms with Gasteiger partial charge in [0.05, 0.1) is 11.7 Å². The van der Waals surface area contributed by atoms with Crippen molar-refractivity contribution in [3.63, 3.8) is 0 Å². The smallest absolute Gasteiger partial charge is 0.263 e. The van der Waals surface area contributed by atoms with Gasteiger partial charge in [0.25, 0.3) is 5.56 Å². The van der Waals surface area contributed by atoms with E-state index in [9.17, 15) is 9.59 Å². The highest BCUT2D eigenvalue weighted by Crippen LogP contribution is 2.26. The lowest BCUT2D eigenvalue weighted by molar-refractivity contribution is -0.118. The SMILES string of the molecule is CCc1ccc(NC(=O)[C@H](C)n2cnc3sc(C)c(C)c3c2=O)cc1. The zero-order chi connectivity index (χ0) is 18.1. The van der Waals surface area contributed by atoms with Gasteiger partial charge in [-0.25, -0.2) is 4.98 Å². The van der Waals surface area contributed by atoms with E-state index in [0.29, 0.717) is 5.39 Å². The average molecular weight is 355 g/mol. The highest BCUT2D eigenvalue weighted by atomic mass is 32.1. The first-order valence-electron chi connectivity index (χ1n) is 8.29. The summed E-state index contributed by atoms with van der Waals surface area (Å²) in [5.41, 5.74) is 2.70. The number of hydrogen-bond acceptors (Lipinski definition) is 4. The quantitative estimate of drug-likeness (QED) is 0.773. The molecule has 6 heteroatoms. The van der Waals surface area contributed by atoms with Crippen LogP contribution in [0.25, 0.3) is 10.2 Å². The summed E-state index contributed by atoms with van der Waals surface area (Å²) in [4.78, 5) is 31.5. The normalized spacial score (nSPS) is 12.3. The van der Waals surface area contributed by atoms with Gasteiger partial charge in [-0.2, -0.15) is 0 Å². The maximum atomic E-state index is 12.8. The molecule has 0 bridgehead atoms. The molecule has 3 aromatic rings. The van der Waals surface area contributed by atoms with E-state index in [1.165, 1.54) is 27.8 Å². The van der Waals surface area contributed by atoms with Crippen LogP contribution < -0.4 is 10.9 Å². The van der Waals surface area contributed by atoms with Crippen LogP contribution in [0.3, 0.4) is 0 Å². The van der Waals surface area contributed by atoms with Gasteiger partial charge >= 0.3 is 0 Å². The van der Waals surface area contributed by atoms with E-state index in [1.807, 2.05) is 38.1 Å². The van der Waals surface area contributed by atoms with Crippen LogP contribution in [0.5, 0.6) is 0 Å². The van der Waals surface area contributed by atoms with Gasteiger partial charge in [0.1, 0.15) is 10.9 Å². The Hall–Kier alpha value is -2.47. The molecule has 130 valence electrons. The van der Waals surface area contributed by atoms with Crippen LogP contribution in [0.2, 0.25) is 0 Å². The minimum atomic E-state index is -0.644. The first-order valence-corrected chi connectivity index (χ1v) is 9.10. The summed E-state index contributed by atoms with van der Waals surface area (Å²) in [5.74, 6) is -0.239. The largest absolute Gasteiger partial charge is 0.324 e. The van der Waals surface area contributed by atoms with Crippen molar-refractivity contribution in [3.05, 3.63) is 57.0 Å². The molecule has 0 aliphatic carbocycles. The fourth-order valence-corrected chi connectivity index (χ4v) is 3.71. The maximum Gasteiger partial charge on any atom is 0.263 e. The van der Waals surface area contributed by atoms with Gasteiger partial charge in [0.15, 0.2) is 0 Å². The van der Waals surface area contributed by atoms with E-state index in [-0.39, 0.29) is 11.5 Å². The molecule has 5 nitrogen and oxygen atoms in total. The summed E-state index contributed by atoms with van der Waals surface area (Å²) in [6.07, 6.45) is 2.41. The van der Waals surface area contributed by atoms with E-state index < -0.39 is 6.04 Å². The van der Waals surface area contributed by atoms with Gasteiger partial charge in [0, 0.05) is 10.6 Å². The molecule has 0 unspecified atom stereocenters. The van der Waals surface area contributed by atoms with E-state index in [4.69, 9.17) is 0 Å². The monoisotopic (exact) mass is 355 g/mol. The molecule has 0 fully saturated rings. The van der Waals surface area contributed by atoms with E-state index in [2.05, 4.69) is 17.2 Å². The minimum Gasteiger partial charge on any atom is -0.324 e. The van der Waals surface area contributed by atoms with Crippen LogP contribution in [0.15, 0.2) is 35.4 Å². The average Bonchev–Trinajstić information content (AvgIpc) is 2.90. The van der Waals surface area contributed by atoms with E-state index in [1.54, 1.807) is 6.92 Å². The zero-order valence-corrected chi connectivity index (χ0v) is 15.6. The highest BCUT2D eigenvalue weighted by Gasteiger charge is 2.20. The van der Waals surface area contributed by atoms with Crippen LogP contribution in [-0.2, 0) is 11.2 Å². The Morgan fingerprint density at radius 2 is 1.96 bits per heavy atom. The lowest BCUT2D eigenvalue weighted by Crippen LogP contribution is -2.31. The zero-order valence-electron chi connectivity index (χ0n) is 14.8. The lowest BCUT2D eigenvalue weighted by atomic mass is 10.1. The van der Waals surface area contributed by atoms with Gasteiger partial charge in [-0.3, -0.25) is 14.2 Å². The topological polar surface area (TPSA) is 64.0 Å². The molecule has 0 saturated heterocycles. The molecular weight excluding hydrogens is 334 g/mol. The van der Waals surface area contributed by atoms with Crippen molar-refractivity contribution in [2.24, 2.45) is 0 Å². The number of benzene rings is 1. The molecule has 25 heavy (non-hydrogen) atoms. The predicted molar refractivity (Wildman–Crippen MR) is 103 cm³/mol. The van der Waals surface area contributed by atoms with Crippen LogP contribution in [0.1, 0.15) is 35.9 Å². The van der Waals surface area contributed by atoms with E-state index in [0.717, 1.165) is 27.4 Å². The van der Waals surface area contributed by atoms with Crippen LogP contribution in [-0.4, -0.2) is 15.5 Å². The Balaban J connectivity index is 1.89. The molecule has 0 radical (unpaired) electrons. The number of carbonyl (C=O) groups excluding carboxylic acids is 1. The summed E-state index contributed by atoms with van der Waals surface area (Å²) in [7, 11) is 0. The van der Waals surface area contributed by atoms with Crippen LogP contribution in [0, 0.1) is 13.8 Å². The molecule has 1 aromatic carbocycles. The van der Waals surface area contributed by atoms with Gasteiger partial charge in [-0.05, 0) is 50.5 Å².